The number of nitrogens with one attached hydrogen (secondary N) is 1. The number of carbonyl (C=O) groups is 1. The largest absolute Gasteiger partial charge is 0.416 e. The van der Waals surface area contributed by atoms with Gasteiger partial charge in [0.05, 0.1) is 16.2 Å². The van der Waals surface area contributed by atoms with Gasteiger partial charge in [-0.2, -0.15) is 13.2 Å². The Kier molecular flexibility index (Phi) is 5.18. The molecule has 0 bridgehead atoms. The molecule has 0 unspecified atom stereocenters. The Morgan fingerprint density at radius 3 is 2.77 bits per heavy atom. The van der Waals surface area contributed by atoms with E-state index in [1.54, 1.807) is 0 Å². The standard InChI is InChI=1S/C15H12F3N5OS2/c16-15(17,18)9-3-1-4-10(7-9)20-12(24)8-26-14-22-21-13(23(14)19)11-5-2-6-25-11/h1-7H,8,19H2,(H,20,24). The van der Waals surface area contributed by atoms with Crippen molar-refractivity contribution >= 4 is 34.7 Å². The van der Waals surface area contributed by atoms with Crippen LogP contribution < -0.4 is 11.2 Å². The summed E-state index contributed by atoms with van der Waals surface area (Å²) in [5.41, 5.74) is -0.760. The normalized spacial score (nSPS) is 11.5. The SMILES string of the molecule is Nn1c(SCC(=O)Nc2cccc(C(F)(F)F)c2)nnc1-c1cccs1. The molecule has 11 heteroatoms. The zero-order valence-electron chi connectivity index (χ0n) is 13.0. The minimum absolute atomic E-state index is 0.0684. The van der Waals surface area contributed by atoms with E-state index in [4.69, 9.17) is 5.84 Å². The van der Waals surface area contributed by atoms with Gasteiger partial charge in [0.15, 0.2) is 5.82 Å². The number of aromatic nitrogens is 3. The van der Waals surface area contributed by atoms with Crippen molar-refractivity contribution in [1.29, 1.82) is 0 Å². The number of amides is 1. The summed E-state index contributed by atoms with van der Waals surface area (Å²) < 4.78 is 39.3. The fourth-order valence-corrected chi connectivity index (χ4v) is 3.41. The number of nitrogens with zero attached hydrogens (tertiary/aromatic N) is 3. The van der Waals surface area contributed by atoms with E-state index < -0.39 is 17.6 Å². The van der Waals surface area contributed by atoms with Gasteiger partial charge in [-0.3, -0.25) is 4.79 Å². The third kappa shape index (κ3) is 4.17. The Hall–Kier alpha value is -2.53. The number of thiophene rings is 1. The number of nitrogen functional groups attached to an aromatic ring is 1. The topological polar surface area (TPSA) is 85.8 Å². The molecule has 0 radical (unpaired) electrons. The smallest absolute Gasteiger partial charge is 0.335 e. The van der Waals surface area contributed by atoms with Crippen LogP contribution in [0.1, 0.15) is 5.56 Å². The summed E-state index contributed by atoms with van der Waals surface area (Å²) in [5, 5.41) is 12.5. The number of carbonyl (C=O) groups excluding carboxylic acids is 1. The number of halogens is 3. The molecule has 0 spiro atoms. The molecule has 0 atom stereocenters. The van der Waals surface area contributed by atoms with Crippen LogP contribution in [0.4, 0.5) is 18.9 Å². The predicted molar refractivity (Wildman–Crippen MR) is 94.3 cm³/mol. The monoisotopic (exact) mass is 399 g/mol. The molecule has 6 nitrogen and oxygen atoms in total. The summed E-state index contributed by atoms with van der Waals surface area (Å²) in [6.07, 6.45) is -4.47. The van der Waals surface area contributed by atoms with Crippen molar-refractivity contribution in [2.45, 2.75) is 11.3 Å². The van der Waals surface area contributed by atoms with Crippen molar-refractivity contribution < 1.29 is 18.0 Å². The second-order valence-corrected chi connectivity index (χ2v) is 6.96. The average molecular weight is 399 g/mol. The number of thioether (sulfide) groups is 1. The van der Waals surface area contributed by atoms with Gasteiger partial charge in [-0.25, -0.2) is 4.68 Å². The van der Waals surface area contributed by atoms with Crippen LogP contribution in [0.2, 0.25) is 0 Å². The molecule has 2 aromatic heterocycles. The highest BCUT2D eigenvalue weighted by Crippen LogP contribution is 2.31. The molecule has 0 saturated carbocycles. The summed E-state index contributed by atoms with van der Waals surface area (Å²) in [6.45, 7) is 0. The molecule has 0 fully saturated rings. The van der Waals surface area contributed by atoms with Crippen LogP contribution >= 0.6 is 23.1 Å². The molecule has 136 valence electrons. The zero-order chi connectivity index (χ0) is 18.7. The molecule has 0 aliphatic heterocycles. The molecule has 1 aromatic carbocycles. The number of nitrogens with two attached hydrogens (primary N) is 1. The van der Waals surface area contributed by atoms with Crippen molar-refractivity contribution in [2.75, 3.05) is 16.9 Å². The van der Waals surface area contributed by atoms with Crippen molar-refractivity contribution in [1.82, 2.24) is 14.9 Å². The van der Waals surface area contributed by atoms with Crippen molar-refractivity contribution in [3.63, 3.8) is 0 Å². The average Bonchev–Trinajstić information content (AvgIpc) is 3.22. The maximum Gasteiger partial charge on any atom is 0.416 e. The quantitative estimate of drug-likeness (QED) is 0.507. The summed E-state index contributed by atoms with van der Waals surface area (Å²) in [6, 6.07) is 8.13. The first-order valence-electron chi connectivity index (χ1n) is 7.19. The lowest BCUT2D eigenvalue weighted by Gasteiger charge is -2.09. The van der Waals surface area contributed by atoms with Crippen molar-refractivity contribution in [3.05, 3.63) is 47.3 Å². The van der Waals surface area contributed by atoms with E-state index >= 15 is 0 Å². The van der Waals surface area contributed by atoms with E-state index in [2.05, 4.69) is 15.5 Å². The Bertz CT molecular complexity index is 908. The molecule has 2 heterocycles. The van der Waals surface area contributed by atoms with Crippen molar-refractivity contribution in [2.24, 2.45) is 0 Å². The number of alkyl halides is 3. The van der Waals surface area contributed by atoms with E-state index in [1.807, 2.05) is 17.5 Å². The maximum atomic E-state index is 12.7. The van der Waals surface area contributed by atoms with Gasteiger partial charge in [0.25, 0.3) is 0 Å². The van der Waals surface area contributed by atoms with Gasteiger partial charge in [-0.1, -0.05) is 23.9 Å². The summed E-state index contributed by atoms with van der Waals surface area (Å²) >= 11 is 2.49. The molecule has 1 amide bonds. The molecule has 3 aromatic rings. The number of hydrogen-bond acceptors (Lipinski definition) is 6. The molecule has 3 N–H and O–H groups in total. The molecule has 26 heavy (non-hydrogen) atoms. The molecule has 0 aliphatic rings. The number of anilines is 1. The summed E-state index contributed by atoms with van der Waals surface area (Å²) in [7, 11) is 0. The maximum absolute atomic E-state index is 12.7. The highest BCUT2D eigenvalue weighted by Gasteiger charge is 2.30. The first-order chi connectivity index (χ1) is 12.3. The fraction of sp³-hybridized carbons (Fsp3) is 0.133. The van der Waals surface area contributed by atoms with Gasteiger partial charge < -0.3 is 11.2 Å². The first-order valence-corrected chi connectivity index (χ1v) is 9.05. The molecular formula is C15H12F3N5OS2. The lowest BCUT2D eigenvalue weighted by molar-refractivity contribution is -0.137. The van der Waals surface area contributed by atoms with Gasteiger partial charge in [0, 0.05) is 5.69 Å². The van der Waals surface area contributed by atoms with Crippen LogP contribution in [-0.2, 0) is 11.0 Å². The molecule has 3 rings (SSSR count). The Morgan fingerprint density at radius 1 is 1.27 bits per heavy atom. The van der Waals surface area contributed by atoms with Gasteiger partial charge in [-0.05, 0) is 29.6 Å². The Labute approximate surface area is 154 Å². The van der Waals surface area contributed by atoms with E-state index in [-0.39, 0.29) is 11.4 Å². The van der Waals surface area contributed by atoms with Crippen LogP contribution in [0.15, 0.2) is 46.9 Å². The van der Waals surface area contributed by atoms with E-state index in [0.717, 1.165) is 28.8 Å². The second-order valence-electron chi connectivity index (χ2n) is 5.07. The van der Waals surface area contributed by atoms with Crippen LogP contribution in [0.3, 0.4) is 0 Å². The highest BCUT2D eigenvalue weighted by atomic mass is 32.2. The first kappa shape index (κ1) is 18.3. The summed E-state index contributed by atoms with van der Waals surface area (Å²) in [4.78, 5) is 12.8. The minimum atomic E-state index is -4.47. The van der Waals surface area contributed by atoms with E-state index in [0.29, 0.717) is 11.0 Å². The van der Waals surface area contributed by atoms with Gasteiger partial charge in [0.2, 0.25) is 11.1 Å². The Morgan fingerprint density at radius 2 is 2.08 bits per heavy atom. The molecular weight excluding hydrogens is 387 g/mol. The van der Waals surface area contributed by atoms with Gasteiger partial charge in [0.1, 0.15) is 0 Å². The highest BCUT2D eigenvalue weighted by molar-refractivity contribution is 7.99. The summed E-state index contributed by atoms with van der Waals surface area (Å²) in [5.74, 6) is 5.84. The van der Waals surface area contributed by atoms with E-state index in [1.165, 1.54) is 28.1 Å². The molecule has 0 aliphatic carbocycles. The van der Waals surface area contributed by atoms with Crippen LogP contribution in [0.25, 0.3) is 10.7 Å². The second kappa shape index (κ2) is 7.38. The zero-order valence-corrected chi connectivity index (χ0v) is 14.7. The lowest BCUT2D eigenvalue weighted by Crippen LogP contribution is -2.17. The van der Waals surface area contributed by atoms with Crippen LogP contribution in [0, 0.1) is 0 Å². The van der Waals surface area contributed by atoms with E-state index in [9.17, 15) is 18.0 Å². The predicted octanol–water partition coefficient (Wildman–Crippen LogP) is 3.47. The van der Waals surface area contributed by atoms with Crippen LogP contribution in [-0.4, -0.2) is 26.5 Å². The minimum Gasteiger partial charge on any atom is -0.335 e. The number of rotatable bonds is 5. The van der Waals surface area contributed by atoms with Gasteiger partial charge in [-0.15, -0.1) is 21.5 Å². The number of hydrogen-bond donors (Lipinski definition) is 2. The Balaban J connectivity index is 1.62. The van der Waals surface area contributed by atoms with Crippen molar-refractivity contribution in [3.8, 4) is 10.7 Å². The van der Waals surface area contributed by atoms with Gasteiger partial charge >= 0.3 is 6.18 Å². The third-order valence-corrected chi connectivity index (χ3v) is 5.02. The third-order valence-electron chi connectivity index (χ3n) is 3.21. The van der Waals surface area contributed by atoms with Crippen LogP contribution in [0.5, 0.6) is 0 Å². The fourth-order valence-electron chi connectivity index (χ4n) is 2.05. The number of benzene rings is 1. The molecule has 0 saturated heterocycles. The lowest BCUT2D eigenvalue weighted by atomic mass is 10.2.